The SMILES string of the molecule is COc1ccccc1C(=O)Cc1cc(-c2ccccc2)nc2ccccc12. The van der Waals surface area contributed by atoms with Crippen molar-refractivity contribution in [2.75, 3.05) is 7.11 Å². The first kappa shape index (κ1) is 17.0. The van der Waals surface area contributed by atoms with Crippen LogP contribution in [-0.4, -0.2) is 17.9 Å². The maximum atomic E-state index is 13.0. The number of nitrogens with zero attached hydrogens (tertiary/aromatic N) is 1. The van der Waals surface area contributed by atoms with Gasteiger partial charge in [-0.05, 0) is 29.8 Å². The first-order valence-corrected chi connectivity index (χ1v) is 8.86. The van der Waals surface area contributed by atoms with Gasteiger partial charge in [-0.25, -0.2) is 4.98 Å². The lowest BCUT2D eigenvalue weighted by molar-refractivity contribution is 0.0990. The summed E-state index contributed by atoms with van der Waals surface area (Å²) in [5, 5.41) is 1.00. The molecule has 1 heterocycles. The molecule has 0 aliphatic carbocycles. The van der Waals surface area contributed by atoms with Crippen molar-refractivity contribution in [3.63, 3.8) is 0 Å². The monoisotopic (exact) mass is 353 g/mol. The number of hydrogen-bond donors (Lipinski definition) is 0. The number of para-hydroxylation sites is 2. The second-order valence-corrected chi connectivity index (χ2v) is 6.35. The van der Waals surface area contributed by atoms with Gasteiger partial charge in [-0.2, -0.15) is 0 Å². The van der Waals surface area contributed by atoms with Crippen LogP contribution in [0.15, 0.2) is 84.9 Å². The van der Waals surface area contributed by atoms with Crippen LogP contribution in [0.2, 0.25) is 0 Å². The van der Waals surface area contributed by atoms with Crippen molar-refractivity contribution in [3.8, 4) is 17.0 Å². The molecular formula is C24H19NO2. The quantitative estimate of drug-likeness (QED) is 0.455. The van der Waals surface area contributed by atoms with Gasteiger partial charge in [0.25, 0.3) is 0 Å². The Morgan fingerprint density at radius 3 is 2.41 bits per heavy atom. The lowest BCUT2D eigenvalue weighted by Gasteiger charge is -2.11. The average Bonchev–Trinajstić information content (AvgIpc) is 2.74. The van der Waals surface area contributed by atoms with Gasteiger partial charge >= 0.3 is 0 Å². The molecule has 3 nitrogen and oxygen atoms in total. The van der Waals surface area contributed by atoms with E-state index in [0.29, 0.717) is 17.7 Å². The van der Waals surface area contributed by atoms with Crippen LogP contribution in [-0.2, 0) is 6.42 Å². The van der Waals surface area contributed by atoms with E-state index < -0.39 is 0 Å². The van der Waals surface area contributed by atoms with E-state index in [1.807, 2.05) is 84.9 Å². The third-order valence-electron chi connectivity index (χ3n) is 4.63. The van der Waals surface area contributed by atoms with E-state index in [9.17, 15) is 4.79 Å². The van der Waals surface area contributed by atoms with E-state index in [1.165, 1.54) is 0 Å². The maximum absolute atomic E-state index is 13.0. The number of carbonyl (C=O) groups excluding carboxylic acids is 1. The number of rotatable bonds is 5. The van der Waals surface area contributed by atoms with Gasteiger partial charge < -0.3 is 4.74 Å². The van der Waals surface area contributed by atoms with Crippen molar-refractivity contribution in [3.05, 3.63) is 96.1 Å². The van der Waals surface area contributed by atoms with Gasteiger partial charge in [0.15, 0.2) is 5.78 Å². The van der Waals surface area contributed by atoms with Gasteiger partial charge in [0, 0.05) is 17.4 Å². The molecule has 27 heavy (non-hydrogen) atoms. The van der Waals surface area contributed by atoms with Crippen molar-refractivity contribution in [1.82, 2.24) is 4.98 Å². The Morgan fingerprint density at radius 2 is 1.59 bits per heavy atom. The fourth-order valence-electron chi connectivity index (χ4n) is 3.29. The van der Waals surface area contributed by atoms with Crippen LogP contribution in [0, 0.1) is 0 Å². The molecule has 4 aromatic rings. The molecule has 0 saturated heterocycles. The topological polar surface area (TPSA) is 39.2 Å². The van der Waals surface area contributed by atoms with Gasteiger partial charge in [-0.15, -0.1) is 0 Å². The van der Waals surface area contributed by atoms with E-state index in [1.54, 1.807) is 7.11 Å². The van der Waals surface area contributed by atoms with Crippen LogP contribution in [0.5, 0.6) is 5.75 Å². The number of carbonyl (C=O) groups is 1. The van der Waals surface area contributed by atoms with E-state index >= 15 is 0 Å². The third kappa shape index (κ3) is 3.44. The van der Waals surface area contributed by atoms with Gasteiger partial charge in [-0.3, -0.25) is 4.79 Å². The van der Waals surface area contributed by atoms with Crippen LogP contribution < -0.4 is 4.74 Å². The molecule has 0 atom stereocenters. The molecule has 0 N–H and O–H groups in total. The molecule has 0 saturated carbocycles. The smallest absolute Gasteiger partial charge is 0.170 e. The number of fused-ring (bicyclic) bond motifs is 1. The Balaban J connectivity index is 1.80. The molecule has 0 amide bonds. The normalized spacial score (nSPS) is 10.7. The fraction of sp³-hybridized carbons (Fsp3) is 0.0833. The fourth-order valence-corrected chi connectivity index (χ4v) is 3.29. The van der Waals surface area contributed by atoms with E-state index in [2.05, 4.69) is 0 Å². The zero-order valence-electron chi connectivity index (χ0n) is 15.1. The standard InChI is InChI=1S/C24H19NO2/c1-27-24-14-8-6-12-20(24)23(26)16-18-15-22(17-9-3-2-4-10-17)25-21-13-7-5-11-19(18)21/h2-15H,16H2,1H3. The maximum Gasteiger partial charge on any atom is 0.170 e. The molecule has 0 aliphatic rings. The van der Waals surface area contributed by atoms with Crippen LogP contribution in [0.3, 0.4) is 0 Å². The summed E-state index contributed by atoms with van der Waals surface area (Å²) in [5.74, 6) is 0.631. The summed E-state index contributed by atoms with van der Waals surface area (Å²) in [5.41, 5.74) is 4.37. The number of ketones is 1. The predicted molar refractivity (Wildman–Crippen MR) is 108 cm³/mol. The largest absolute Gasteiger partial charge is 0.496 e. The van der Waals surface area contributed by atoms with E-state index in [4.69, 9.17) is 9.72 Å². The van der Waals surface area contributed by atoms with Crippen LogP contribution >= 0.6 is 0 Å². The Labute approximate surface area is 158 Å². The molecule has 0 bridgehead atoms. The summed E-state index contributed by atoms with van der Waals surface area (Å²) in [7, 11) is 1.58. The summed E-state index contributed by atoms with van der Waals surface area (Å²) < 4.78 is 5.35. The highest BCUT2D eigenvalue weighted by atomic mass is 16.5. The first-order chi connectivity index (χ1) is 13.3. The second-order valence-electron chi connectivity index (χ2n) is 6.35. The summed E-state index contributed by atoms with van der Waals surface area (Å²) in [6.45, 7) is 0. The van der Waals surface area contributed by atoms with Crippen LogP contribution in [0.25, 0.3) is 22.2 Å². The minimum absolute atomic E-state index is 0.0304. The molecule has 4 rings (SSSR count). The Morgan fingerprint density at radius 1 is 0.889 bits per heavy atom. The second kappa shape index (κ2) is 7.42. The molecule has 0 radical (unpaired) electrons. The minimum atomic E-state index is 0.0304. The van der Waals surface area contributed by atoms with Crippen molar-refractivity contribution in [1.29, 1.82) is 0 Å². The van der Waals surface area contributed by atoms with Crippen molar-refractivity contribution < 1.29 is 9.53 Å². The summed E-state index contributed by atoms with van der Waals surface area (Å²) in [6.07, 6.45) is 0.295. The van der Waals surface area contributed by atoms with Crippen molar-refractivity contribution in [2.24, 2.45) is 0 Å². The van der Waals surface area contributed by atoms with Crippen LogP contribution in [0.4, 0.5) is 0 Å². The van der Waals surface area contributed by atoms with Gasteiger partial charge in [-0.1, -0.05) is 60.7 Å². The minimum Gasteiger partial charge on any atom is -0.496 e. The summed E-state index contributed by atoms with van der Waals surface area (Å²) in [6, 6.07) is 27.3. The van der Waals surface area contributed by atoms with E-state index in [-0.39, 0.29) is 5.78 Å². The lowest BCUT2D eigenvalue weighted by Crippen LogP contribution is -2.06. The molecule has 3 heteroatoms. The molecule has 1 aromatic heterocycles. The molecule has 0 spiro atoms. The number of Topliss-reactive ketones (excluding diaryl/α,β-unsaturated/α-hetero) is 1. The average molecular weight is 353 g/mol. The highest BCUT2D eigenvalue weighted by molar-refractivity contribution is 6.02. The summed E-state index contributed by atoms with van der Waals surface area (Å²) in [4.78, 5) is 17.8. The molecule has 0 fully saturated rings. The van der Waals surface area contributed by atoms with Gasteiger partial charge in [0.1, 0.15) is 5.75 Å². The molecule has 0 unspecified atom stereocenters. The molecule has 3 aromatic carbocycles. The Hall–Kier alpha value is -3.46. The number of methoxy groups -OCH3 is 1. The highest BCUT2D eigenvalue weighted by Gasteiger charge is 2.15. The van der Waals surface area contributed by atoms with Crippen LogP contribution in [0.1, 0.15) is 15.9 Å². The number of benzene rings is 3. The summed E-state index contributed by atoms with van der Waals surface area (Å²) >= 11 is 0. The zero-order valence-corrected chi connectivity index (χ0v) is 15.1. The highest BCUT2D eigenvalue weighted by Crippen LogP contribution is 2.27. The Kier molecular flexibility index (Phi) is 4.67. The first-order valence-electron chi connectivity index (χ1n) is 8.86. The number of aromatic nitrogens is 1. The van der Waals surface area contributed by atoms with Crippen molar-refractivity contribution in [2.45, 2.75) is 6.42 Å². The number of ether oxygens (including phenoxy) is 1. The van der Waals surface area contributed by atoms with Gasteiger partial charge in [0.05, 0.1) is 23.9 Å². The Bertz CT molecular complexity index is 1100. The molecular weight excluding hydrogens is 334 g/mol. The number of hydrogen-bond acceptors (Lipinski definition) is 3. The molecule has 0 aliphatic heterocycles. The predicted octanol–water partition coefficient (Wildman–Crippen LogP) is 5.34. The molecule has 132 valence electrons. The zero-order chi connectivity index (χ0) is 18.6. The van der Waals surface area contributed by atoms with Gasteiger partial charge in [0.2, 0.25) is 0 Å². The third-order valence-corrected chi connectivity index (χ3v) is 4.63. The lowest BCUT2D eigenvalue weighted by atomic mass is 9.97. The van der Waals surface area contributed by atoms with Crippen molar-refractivity contribution >= 4 is 16.7 Å². The number of pyridine rings is 1. The van der Waals surface area contributed by atoms with E-state index in [0.717, 1.165) is 27.7 Å².